The third-order valence-electron chi connectivity index (χ3n) is 4.85. The number of pyridine rings is 2. The highest BCUT2D eigenvalue weighted by Gasteiger charge is 2.20. The number of hydrogen-bond donors (Lipinski definition) is 1. The van der Waals surface area contributed by atoms with Crippen LogP contribution in [0.4, 0.5) is 0 Å². The fourth-order valence-electron chi connectivity index (χ4n) is 3.50. The average Bonchev–Trinajstić information content (AvgIpc) is 3.08. The summed E-state index contributed by atoms with van der Waals surface area (Å²) in [5.41, 5.74) is 3.28. The van der Waals surface area contributed by atoms with Gasteiger partial charge >= 0.3 is 0 Å². The molecule has 1 aliphatic heterocycles. The van der Waals surface area contributed by atoms with Gasteiger partial charge in [-0.2, -0.15) is 5.10 Å². The molecule has 3 aromatic rings. The van der Waals surface area contributed by atoms with Gasteiger partial charge in [0.2, 0.25) is 5.56 Å². The van der Waals surface area contributed by atoms with Crippen LogP contribution in [0.3, 0.4) is 0 Å². The molecule has 0 radical (unpaired) electrons. The van der Waals surface area contributed by atoms with E-state index in [0.29, 0.717) is 5.92 Å². The van der Waals surface area contributed by atoms with E-state index in [9.17, 15) is 4.79 Å². The SMILES string of the molecule is O=c1ccc(CC2CCN(Cc3cccc4ncnn34)CC2)c[nH]1. The first kappa shape index (κ1) is 15.1. The molecule has 4 heterocycles. The number of nitrogens with one attached hydrogen (secondary N) is 1. The predicted molar refractivity (Wildman–Crippen MR) is 91.8 cm³/mol. The van der Waals surface area contributed by atoms with Gasteiger partial charge in [-0.15, -0.1) is 0 Å². The minimum Gasteiger partial charge on any atom is -0.329 e. The molecule has 6 nitrogen and oxygen atoms in total. The van der Waals surface area contributed by atoms with E-state index in [4.69, 9.17) is 0 Å². The summed E-state index contributed by atoms with van der Waals surface area (Å²) < 4.78 is 1.92. The second-order valence-electron chi connectivity index (χ2n) is 6.53. The minimum atomic E-state index is -0.0316. The number of fused-ring (bicyclic) bond motifs is 1. The average molecular weight is 323 g/mol. The van der Waals surface area contributed by atoms with Crippen LogP contribution < -0.4 is 5.56 Å². The highest BCUT2D eigenvalue weighted by atomic mass is 16.1. The number of likely N-dealkylation sites (tertiary alicyclic amines) is 1. The van der Waals surface area contributed by atoms with Crippen LogP contribution >= 0.6 is 0 Å². The van der Waals surface area contributed by atoms with Gasteiger partial charge in [-0.1, -0.05) is 12.1 Å². The van der Waals surface area contributed by atoms with Crippen LogP contribution in [0.1, 0.15) is 24.1 Å². The Bertz CT molecular complexity index is 856. The van der Waals surface area contributed by atoms with E-state index in [1.54, 1.807) is 12.4 Å². The number of piperidine rings is 1. The zero-order valence-corrected chi connectivity index (χ0v) is 13.6. The molecular formula is C18H21N5O. The normalized spacial score (nSPS) is 16.7. The van der Waals surface area contributed by atoms with Crippen molar-refractivity contribution in [1.29, 1.82) is 0 Å². The first-order chi connectivity index (χ1) is 11.8. The molecule has 0 spiro atoms. The highest BCUT2D eigenvalue weighted by Crippen LogP contribution is 2.22. The second kappa shape index (κ2) is 6.57. The molecule has 24 heavy (non-hydrogen) atoms. The van der Waals surface area contributed by atoms with Crippen molar-refractivity contribution >= 4 is 5.65 Å². The largest absolute Gasteiger partial charge is 0.329 e. The summed E-state index contributed by atoms with van der Waals surface area (Å²) in [6, 6.07) is 9.70. The van der Waals surface area contributed by atoms with E-state index in [0.717, 1.165) is 31.7 Å². The fourth-order valence-corrected chi connectivity index (χ4v) is 3.50. The summed E-state index contributed by atoms with van der Waals surface area (Å²) in [6.07, 6.45) is 6.87. The summed E-state index contributed by atoms with van der Waals surface area (Å²) >= 11 is 0. The zero-order valence-electron chi connectivity index (χ0n) is 13.6. The van der Waals surface area contributed by atoms with Crippen LogP contribution in [0.25, 0.3) is 5.65 Å². The maximum Gasteiger partial charge on any atom is 0.247 e. The van der Waals surface area contributed by atoms with E-state index in [1.165, 1.54) is 24.1 Å². The van der Waals surface area contributed by atoms with Gasteiger partial charge < -0.3 is 4.98 Å². The molecule has 124 valence electrons. The molecule has 0 saturated carbocycles. The molecule has 0 unspecified atom stereocenters. The monoisotopic (exact) mass is 323 g/mol. The Morgan fingerprint density at radius 2 is 2.04 bits per heavy atom. The quantitative estimate of drug-likeness (QED) is 0.796. The molecule has 1 N–H and O–H groups in total. The fraction of sp³-hybridized carbons (Fsp3) is 0.389. The van der Waals surface area contributed by atoms with Crippen molar-refractivity contribution in [3.63, 3.8) is 0 Å². The van der Waals surface area contributed by atoms with Crippen molar-refractivity contribution in [1.82, 2.24) is 24.5 Å². The minimum absolute atomic E-state index is 0.0316. The van der Waals surface area contributed by atoms with Crippen LogP contribution in [0.15, 0.2) is 47.7 Å². The van der Waals surface area contributed by atoms with Crippen LogP contribution in [-0.2, 0) is 13.0 Å². The predicted octanol–water partition coefficient (Wildman–Crippen LogP) is 1.87. The number of nitrogens with zero attached hydrogens (tertiary/aromatic N) is 4. The molecule has 1 fully saturated rings. The second-order valence-corrected chi connectivity index (χ2v) is 6.53. The third-order valence-corrected chi connectivity index (χ3v) is 4.85. The van der Waals surface area contributed by atoms with Crippen LogP contribution in [0.5, 0.6) is 0 Å². The van der Waals surface area contributed by atoms with Gasteiger partial charge in [-0.3, -0.25) is 9.69 Å². The molecule has 1 aliphatic rings. The van der Waals surface area contributed by atoms with Gasteiger partial charge in [0.15, 0.2) is 5.65 Å². The molecule has 0 bridgehead atoms. The zero-order chi connectivity index (χ0) is 16.4. The van der Waals surface area contributed by atoms with Crippen molar-refractivity contribution in [3.05, 3.63) is 64.5 Å². The topological polar surface area (TPSA) is 66.3 Å². The standard InChI is InChI=1S/C18H21N5O/c24-18-5-4-15(11-19-18)10-14-6-8-22(9-7-14)12-16-2-1-3-17-20-13-21-23(16)17/h1-5,11,13-14H,6-10,12H2,(H,19,24). The van der Waals surface area contributed by atoms with Crippen LogP contribution in [-0.4, -0.2) is 37.6 Å². The summed E-state index contributed by atoms with van der Waals surface area (Å²) in [4.78, 5) is 20.6. The maximum atomic E-state index is 11.1. The Kier molecular flexibility index (Phi) is 4.13. The Morgan fingerprint density at radius 1 is 1.17 bits per heavy atom. The van der Waals surface area contributed by atoms with E-state index in [-0.39, 0.29) is 5.56 Å². The van der Waals surface area contributed by atoms with Crippen molar-refractivity contribution < 1.29 is 0 Å². The molecule has 0 aliphatic carbocycles. The smallest absolute Gasteiger partial charge is 0.247 e. The Hall–Kier alpha value is -2.47. The number of hydrogen-bond acceptors (Lipinski definition) is 4. The van der Waals surface area contributed by atoms with Gasteiger partial charge in [0.05, 0.1) is 5.69 Å². The molecule has 6 heteroatoms. The van der Waals surface area contributed by atoms with Gasteiger partial charge in [-0.25, -0.2) is 9.50 Å². The van der Waals surface area contributed by atoms with Crippen LogP contribution in [0, 0.1) is 5.92 Å². The van der Waals surface area contributed by atoms with E-state index >= 15 is 0 Å². The van der Waals surface area contributed by atoms with E-state index < -0.39 is 0 Å². The third kappa shape index (κ3) is 3.23. The van der Waals surface area contributed by atoms with Crippen LogP contribution in [0.2, 0.25) is 0 Å². The van der Waals surface area contributed by atoms with Gasteiger partial charge in [0.25, 0.3) is 0 Å². The summed E-state index contributed by atoms with van der Waals surface area (Å²) in [6.45, 7) is 3.10. The number of aromatic nitrogens is 4. The molecular weight excluding hydrogens is 302 g/mol. The molecule has 1 saturated heterocycles. The van der Waals surface area contributed by atoms with Gasteiger partial charge in [-0.05, 0) is 56.0 Å². The molecule has 0 atom stereocenters. The number of rotatable bonds is 4. The van der Waals surface area contributed by atoms with E-state index in [1.807, 2.05) is 28.9 Å². The lowest BCUT2D eigenvalue weighted by atomic mass is 9.90. The molecule has 3 aromatic heterocycles. The molecule has 0 amide bonds. The van der Waals surface area contributed by atoms with Gasteiger partial charge in [0.1, 0.15) is 6.33 Å². The first-order valence-corrected chi connectivity index (χ1v) is 8.45. The maximum absolute atomic E-state index is 11.1. The lowest BCUT2D eigenvalue weighted by Gasteiger charge is -2.32. The Morgan fingerprint density at radius 3 is 2.83 bits per heavy atom. The van der Waals surface area contributed by atoms with Crippen molar-refractivity contribution in [2.24, 2.45) is 5.92 Å². The van der Waals surface area contributed by atoms with Crippen molar-refractivity contribution in [2.75, 3.05) is 13.1 Å². The lowest BCUT2D eigenvalue weighted by Crippen LogP contribution is -2.34. The summed E-state index contributed by atoms with van der Waals surface area (Å²) in [7, 11) is 0. The highest BCUT2D eigenvalue weighted by molar-refractivity contribution is 5.37. The summed E-state index contributed by atoms with van der Waals surface area (Å²) in [5.74, 6) is 0.689. The first-order valence-electron chi connectivity index (χ1n) is 8.45. The van der Waals surface area contributed by atoms with Crippen molar-refractivity contribution in [2.45, 2.75) is 25.8 Å². The Labute approximate surface area is 140 Å². The number of H-pyrrole nitrogens is 1. The van der Waals surface area contributed by atoms with Gasteiger partial charge in [0, 0.05) is 18.8 Å². The van der Waals surface area contributed by atoms with E-state index in [2.05, 4.69) is 26.0 Å². The lowest BCUT2D eigenvalue weighted by molar-refractivity contribution is 0.174. The molecule has 0 aromatic carbocycles. The summed E-state index contributed by atoms with van der Waals surface area (Å²) in [5, 5.41) is 4.31. The molecule has 4 rings (SSSR count). The Balaban J connectivity index is 1.35. The number of aromatic amines is 1. The van der Waals surface area contributed by atoms with Crippen molar-refractivity contribution in [3.8, 4) is 0 Å².